The van der Waals surface area contributed by atoms with Gasteiger partial charge in [-0.25, -0.2) is 13.8 Å². The molecule has 1 unspecified atom stereocenters. The first kappa shape index (κ1) is 37.3. The van der Waals surface area contributed by atoms with Crippen molar-refractivity contribution in [2.24, 2.45) is 23.2 Å². The summed E-state index contributed by atoms with van der Waals surface area (Å²) in [5.74, 6) is -9.75. The topological polar surface area (TPSA) is 182 Å². The first-order valence-corrected chi connectivity index (χ1v) is 18.1. The highest BCUT2D eigenvalue weighted by molar-refractivity contribution is 6.38. The number of nitrogens with zero attached hydrogens (tertiary/aromatic N) is 2. The molecule has 5 N–H and O–H groups in total. The molecule has 1 aromatic heterocycles. The van der Waals surface area contributed by atoms with Crippen molar-refractivity contribution in [3.63, 3.8) is 0 Å². The summed E-state index contributed by atoms with van der Waals surface area (Å²) in [5, 5.41) is 10.9. The number of ketones is 1. The lowest BCUT2D eigenvalue weighted by atomic mass is 9.82. The van der Waals surface area contributed by atoms with Gasteiger partial charge in [0.15, 0.2) is 5.82 Å². The molecule has 15 heteroatoms. The maximum absolute atomic E-state index is 15.2. The number of hydrogen-bond acceptors (Lipinski definition) is 7. The number of imidazole rings is 1. The summed E-state index contributed by atoms with van der Waals surface area (Å²) in [6.45, 7) is 6.55. The second kappa shape index (κ2) is 15.1. The fourth-order valence-electron chi connectivity index (χ4n) is 7.79. The fraction of sp³-hybridized carbons (Fsp3) is 0.743. The van der Waals surface area contributed by atoms with Gasteiger partial charge in [0.1, 0.15) is 18.1 Å². The van der Waals surface area contributed by atoms with Crippen LogP contribution >= 0.6 is 0 Å². The van der Waals surface area contributed by atoms with Crippen LogP contribution in [0.4, 0.5) is 8.78 Å². The standard InChI is InChI=1S/C35H51F2N7O6/c1-5-9-23(26(45)31(48)40-20-12-13-20)41-30(47)25-21-14-15-35(36,37)22(21)18-44(25)33(50)27(34(2,3)4)43-29(46)24(19-10-7-6-8-11-19)42-32(49)28-38-16-17-39-28/h16-17,19-25,27H,5-15,18H2,1-4H3,(H,38,39)(H,40,48)(H,41,47)(H,42,49)(H,43,46)/t21-,22?,23-,24-,25-,27+/m0/s1. The van der Waals surface area contributed by atoms with Crippen LogP contribution < -0.4 is 21.3 Å². The SMILES string of the molecule is CCC[C@H](NC(=O)[C@@H]1[C@H]2CCC(F)(F)C2CN1C(=O)[C@@H](NC(=O)[C@@H](NC(=O)c1ncc[nH]1)C1CCCCC1)C(C)(C)C)C(=O)C(=O)NC1CC1. The highest BCUT2D eigenvalue weighted by Crippen LogP contribution is 2.51. The van der Waals surface area contributed by atoms with E-state index < -0.39 is 95.6 Å². The van der Waals surface area contributed by atoms with Gasteiger partial charge in [-0.1, -0.05) is 53.4 Å². The van der Waals surface area contributed by atoms with Gasteiger partial charge in [-0.15, -0.1) is 0 Å². The summed E-state index contributed by atoms with van der Waals surface area (Å²) in [4.78, 5) is 89.2. The molecular weight excluding hydrogens is 652 g/mol. The number of rotatable bonds is 13. The maximum atomic E-state index is 15.2. The zero-order valence-electron chi connectivity index (χ0n) is 29.4. The molecule has 50 heavy (non-hydrogen) atoms. The van der Waals surface area contributed by atoms with Crippen molar-refractivity contribution >= 4 is 35.3 Å². The Morgan fingerprint density at radius 2 is 1.70 bits per heavy atom. The van der Waals surface area contributed by atoms with E-state index >= 15 is 8.78 Å². The van der Waals surface area contributed by atoms with E-state index in [0.717, 1.165) is 37.0 Å². The lowest BCUT2D eigenvalue weighted by Gasteiger charge is -2.38. The van der Waals surface area contributed by atoms with Crippen LogP contribution in [-0.2, 0) is 24.0 Å². The Morgan fingerprint density at radius 3 is 2.30 bits per heavy atom. The number of alkyl halides is 2. The largest absolute Gasteiger partial charge is 0.347 e. The van der Waals surface area contributed by atoms with E-state index in [-0.39, 0.29) is 30.6 Å². The molecule has 4 fully saturated rings. The Bertz CT molecular complexity index is 1440. The van der Waals surface area contributed by atoms with Crippen molar-refractivity contribution in [2.75, 3.05) is 6.54 Å². The Morgan fingerprint density at radius 1 is 1.00 bits per heavy atom. The molecule has 0 spiro atoms. The molecule has 276 valence electrons. The van der Waals surface area contributed by atoms with E-state index in [9.17, 15) is 28.8 Å². The van der Waals surface area contributed by atoms with Crippen molar-refractivity contribution in [3.8, 4) is 0 Å². The van der Waals surface area contributed by atoms with Crippen molar-refractivity contribution in [2.45, 2.75) is 134 Å². The van der Waals surface area contributed by atoms with E-state index in [4.69, 9.17) is 0 Å². The summed E-state index contributed by atoms with van der Waals surface area (Å²) in [6, 6.07) is -4.84. The number of carbonyl (C=O) groups is 6. The zero-order valence-corrected chi connectivity index (χ0v) is 29.4. The van der Waals surface area contributed by atoms with Crippen molar-refractivity contribution in [1.82, 2.24) is 36.1 Å². The summed E-state index contributed by atoms with van der Waals surface area (Å²) in [7, 11) is 0. The molecule has 3 saturated carbocycles. The number of Topliss-reactive ketones (excluding diaryl/α,β-unsaturated/α-hetero) is 1. The predicted molar refractivity (Wildman–Crippen MR) is 177 cm³/mol. The van der Waals surface area contributed by atoms with Crippen molar-refractivity contribution in [3.05, 3.63) is 18.2 Å². The van der Waals surface area contributed by atoms with E-state index in [0.29, 0.717) is 19.3 Å². The first-order chi connectivity index (χ1) is 23.6. The van der Waals surface area contributed by atoms with Crippen LogP contribution in [0.1, 0.15) is 109 Å². The highest BCUT2D eigenvalue weighted by atomic mass is 19.3. The van der Waals surface area contributed by atoms with E-state index in [1.165, 1.54) is 12.4 Å². The van der Waals surface area contributed by atoms with Gasteiger partial charge < -0.3 is 31.2 Å². The summed E-state index contributed by atoms with van der Waals surface area (Å²) >= 11 is 0. The first-order valence-electron chi connectivity index (χ1n) is 18.1. The predicted octanol–water partition coefficient (Wildman–Crippen LogP) is 2.62. The third-order valence-electron chi connectivity index (χ3n) is 10.7. The molecule has 2 heterocycles. The Hall–Kier alpha value is -3.91. The molecule has 0 aromatic carbocycles. The van der Waals surface area contributed by atoms with Gasteiger partial charge in [0, 0.05) is 37.3 Å². The average molecular weight is 704 g/mol. The van der Waals surface area contributed by atoms with Crippen LogP contribution in [0.2, 0.25) is 0 Å². The number of fused-ring (bicyclic) bond motifs is 1. The number of halogens is 2. The van der Waals surface area contributed by atoms with Crippen LogP contribution in [0.15, 0.2) is 12.4 Å². The Labute approximate surface area is 291 Å². The fourth-order valence-corrected chi connectivity index (χ4v) is 7.79. The smallest absolute Gasteiger partial charge is 0.289 e. The molecular formula is C35H51F2N7O6. The summed E-state index contributed by atoms with van der Waals surface area (Å²) < 4.78 is 30.4. The van der Waals surface area contributed by atoms with Gasteiger partial charge in [0.05, 0.1) is 6.04 Å². The Balaban J connectivity index is 1.39. The van der Waals surface area contributed by atoms with Crippen molar-refractivity contribution < 1.29 is 37.5 Å². The quantitative estimate of drug-likeness (QED) is 0.196. The number of carbonyl (C=O) groups excluding carboxylic acids is 6. The van der Waals surface area contributed by atoms with E-state index in [1.807, 2.05) is 0 Å². The van der Waals surface area contributed by atoms with E-state index in [2.05, 4.69) is 31.2 Å². The minimum absolute atomic E-state index is 0.0107. The summed E-state index contributed by atoms with van der Waals surface area (Å²) in [6.07, 6.45) is 8.73. The minimum Gasteiger partial charge on any atom is -0.347 e. The van der Waals surface area contributed by atoms with Crippen LogP contribution in [0.5, 0.6) is 0 Å². The van der Waals surface area contributed by atoms with E-state index in [1.54, 1.807) is 27.7 Å². The number of amides is 5. The van der Waals surface area contributed by atoms with Crippen LogP contribution in [0.25, 0.3) is 0 Å². The molecule has 1 aromatic rings. The van der Waals surface area contributed by atoms with Gasteiger partial charge in [-0.3, -0.25) is 28.8 Å². The van der Waals surface area contributed by atoms with Gasteiger partial charge in [0.2, 0.25) is 23.5 Å². The number of aromatic amines is 1. The van der Waals surface area contributed by atoms with Gasteiger partial charge in [0.25, 0.3) is 17.7 Å². The number of H-pyrrole nitrogens is 1. The number of nitrogens with one attached hydrogen (secondary N) is 5. The molecule has 0 radical (unpaired) electrons. The molecule has 13 nitrogen and oxygen atoms in total. The zero-order chi connectivity index (χ0) is 36.4. The molecule has 1 aliphatic heterocycles. The second-order valence-electron chi connectivity index (χ2n) is 15.6. The third-order valence-corrected chi connectivity index (χ3v) is 10.7. The Kier molecular flexibility index (Phi) is 11.3. The van der Waals surface area contributed by atoms with Crippen LogP contribution in [0.3, 0.4) is 0 Å². The molecule has 3 aliphatic carbocycles. The minimum atomic E-state index is -3.12. The maximum Gasteiger partial charge on any atom is 0.289 e. The normalized spacial score (nSPS) is 25.2. The molecule has 5 amide bonds. The van der Waals surface area contributed by atoms with Crippen LogP contribution in [0, 0.1) is 23.2 Å². The monoisotopic (exact) mass is 703 g/mol. The van der Waals surface area contributed by atoms with Gasteiger partial charge in [-0.2, -0.15) is 0 Å². The molecule has 4 aliphatic rings. The summed E-state index contributed by atoms with van der Waals surface area (Å²) in [5.41, 5.74) is -0.933. The average Bonchev–Trinajstić information content (AvgIpc) is 3.43. The van der Waals surface area contributed by atoms with Gasteiger partial charge >= 0.3 is 0 Å². The van der Waals surface area contributed by atoms with Gasteiger partial charge in [-0.05, 0) is 55.8 Å². The number of likely N-dealkylation sites (tertiary alicyclic amines) is 1. The third kappa shape index (κ3) is 8.34. The lowest BCUT2D eigenvalue weighted by Crippen LogP contribution is -2.62. The molecule has 6 atom stereocenters. The molecule has 1 saturated heterocycles. The second-order valence-corrected chi connectivity index (χ2v) is 15.6. The molecule has 0 bridgehead atoms. The lowest BCUT2D eigenvalue weighted by molar-refractivity contribution is -0.146. The number of aromatic nitrogens is 2. The highest BCUT2D eigenvalue weighted by Gasteiger charge is 2.61. The van der Waals surface area contributed by atoms with Crippen molar-refractivity contribution in [1.29, 1.82) is 0 Å². The van der Waals surface area contributed by atoms with Crippen LogP contribution in [-0.4, -0.2) is 92.9 Å². The molecule has 5 rings (SSSR count). The number of hydrogen-bond donors (Lipinski definition) is 5.